The molecule has 9 heteroatoms. The number of aromatic nitrogens is 6. The first-order valence-corrected chi connectivity index (χ1v) is 17.5. The number of ether oxygens (including phenoxy) is 3. The van der Waals surface area contributed by atoms with Crippen LogP contribution in [0.2, 0.25) is 0 Å². The molecule has 0 aliphatic rings. The molecule has 54 heavy (non-hydrogen) atoms. The molecule has 0 aliphatic carbocycles. The average molecular weight is 703 g/mol. The van der Waals surface area contributed by atoms with Crippen molar-refractivity contribution >= 4 is 43.6 Å². The molecule has 0 bridgehead atoms. The van der Waals surface area contributed by atoms with Gasteiger partial charge in [0.25, 0.3) is 0 Å². The second-order valence-electron chi connectivity index (χ2n) is 12.8. The fourth-order valence-electron chi connectivity index (χ4n) is 7.15. The van der Waals surface area contributed by atoms with Gasteiger partial charge in [-0.05, 0) is 72.8 Å². The van der Waals surface area contributed by atoms with Crippen molar-refractivity contribution in [1.82, 2.24) is 29.1 Å². The van der Waals surface area contributed by atoms with Gasteiger partial charge >= 0.3 is 0 Å². The lowest BCUT2D eigenvalue weighted by Crippen LogP contribution is -1.97. The highest BCUT2D eigenvalue weighted by atomic mass is 16.5. The van der Waals surface area contributed by atoms with Crippen LogP contribution in [0.25, 0.3) is 66.6 Å². The Morgan fingerprint density at radius 3 is 1.37 bits per heavy atom. The molecule has 5 heterocycles. The quantitative estimate of drug-likeness (QED) is 0.156. The van der Waals surface area contributed by atoms with Gasteiger partial charge in [0.1, 0.15) is 34.6 Å². The van der Waals surface area contributed by atoms with Gasteiger partial charge in [-0.3, -0.25) is 9.13 Å². The van der Waals surface area contributed by atoms with Crippen LogP contribution in [0.3, 0.4) is 0 Å². The average Bonchev–Trinajstić information content (AvgIpc) is 3.73. The SMILES string of the molecule is COc1cnc(-c2cc(Oc3ccc4c5ccccc5n(-c5ccccn5)c4c3)cc(Oc3ccc4c5ccccc5n(-c5ccccn5)c4c3)c2)nc1. The molecule has 5 aromatic heterocycles. The monoisotopic (exact) mass is 702 g/mol. The first-order chi connectivity index (χ1) is 26.7. The van der Waals surface area contributed by atoms with Gasteiger partial charge in [-0.2, -0.15) is 0 Å². The van der Waals surface area contributed by atoms with E-state index in [2.05, 4.69) is 77.6 Å². The van der Waals surface area contributed by atoms with Gasteiger partial charge in [-0.1, -0.05) is 48.5 Å². The van der Waals surface area contributed by atoms with Crippen molar-refractivity contribution in [3.05, 3.63) is 164 Å². The minimum Gasteiger partial charge on any atom is -0.494 e. The number of hydrogen-bond donors (Lipinski definition) is 0. The van der Waals surface area contributed by atoms with E-state index in [1.54, 1.807) is 31.9 Å². The number of rotatable bonds is 8. The minimum absolute atomic E-state index is 0.502. The summed E-state index contributed by atoms with van der Waals surface area (Å²) in [5.74, 6) is 5.16. The molecule has 0 fully saturated rings. The van der Waals surface area contributed by atoms with E-state index in [9.17, 15) is 0 Å². The van der Waals surface area contributed by atoms with E-state index < -0.39 is 0 Å². The molecular formula is C45H30N6O3. The zero-order valence-corrected chi connectivity index (χ0v) is 29.0. The minimum atomic E-state index is 0.502. The Morgan fingerprint density at radius 2 is 0.889 bits per heavy atom. The summed E-state index contributed by atoms with van der Waals surface area (Å²) in [6.45, 7) is 0. The van der Waals surface area contributed by atoms with Crippen LogP contribution in [-0.4, -0.2) is 36.2 Å². The van der Waals surface area contributed by atoms with Crippen LogP contribution >= 0.6 is 0 Å². The molecule has 10 aromatic rings. The fraction of sp³-hybridized carbons (Fsp3) is 0.0222. The smallest absolute Gasteiger partial charge is 0.159 e. The Hall–Kier alpha value is -7.52. The van der Waals surface area contributed by atoms with Crippen molar-refractivity contribution < 1.29 is 14.2 Å². The Morgan fingerprint density at radius 1 is 0.407 bits per heavy atom. The van der Waals surface area contributed by atoms with Crippen LogP contribution in [0.4, 0.5) is 0 Å². The molecule has 0 spiro atoms. The summed E-state index contributed by atoms with van der Waals surface area (Å²) in [6, 6.07) is 46.5. The molecule has 0 saturated heterocycles. The lowest BCUT2D eigenvalue weighted by atomic mass is 10.1. The summed E-state index contributed by atoms with van der Waals surface area (Å²) in [5, 5.41) is 4.48. The maximum atomic E-state index is 6.64. The topological polar surface area (TPSA) is 89.1 Å². The summed E-state index contributed by atoms with van der Waals surface area (Å²) in [7, 11) is 1.59. The number of fused-ring (bicyclic) bond motifs is 6. The van der Waals surface area contributed by atoms with E-state index in [-0.39, 0.29) is 0 Å². The lowest BCUT2D eigenvalue weighted by Gasteiger charge is -2.13. The fourth-order valence-corrected chi connectivity index (χ4v) is 7.15. The van der Waals surface area contributed by atoms with E-state index in [0.717, 1.165) is 60.8 Å². The zero-order chi connectivity index (χ0) is 36.0. The Balaban J connectivity index is 1.08. The second kappa shape index (κ2) is 12.9. The maximum absolute atomic E-state index is 6.64. The number of nitrogens with zero attached hydrogens (tertiary/aromatic N) is 6. The van der Waals surface area contributed by atoms with Crippen molar-refractivity contribution in [2.75, 3.05) is 7.11 Å². The number of para-hydroxylation sites is 2. The third-order valence-corrected chi connectivity index (χ3v) is 9.52. The van der Waals surface area contributed by atoms with Gasteiger partial charge in [0.05, 0.1) is 41.6 Å². The van der Waals surface area contributed by atoms with Crippen molar-refractivity contribution in [3.63, 3.8) is 0 Å². The van der Waals surface area contributed by atoms with Crippen LogP contribution in [0.1, 0.15) is 0 Å². The standard InChI is InChI=1S/C45H30N6O3/c1-52-34-27-48-45(49-28-34)29-22-32(53-30-16-18-37-35-10-2-4-12-39(35)50(41(37)25-30)43-14-6-8-20-46-43)24-33(23-29)54-31-17-19-38-36-11-3-5-13-40(36)51(42(38)26-31)44-15-7-9-21-47-44/h2-28H,1H3. The summed E-state index contributed by atoms with van der Waals surface area (Å²) in [6.07, 6.45) is 6.90. The molecule has 0 amide bonds. The molecular weight excluding hydrogens is 673 g/mol. The van der Waals surface area contributed by atoms with Crippen LogP contribution in [0, 0.1) is 0 Å². The van der Waals surface area contributed by atoms with Crippen molar-refractivity contribution in [2.45, 2.75) is 0 Å². The Labute approximate surface area is 309 Å². The van der Waals surface area contributed by atoms with Crippen LogP contribution in [0.5, 0.6) is 28.7 Å². The first-order valence-electron chi connectivity index (χ1n) is 17.5. The number of methoxy groups -OCH3 is 1. The predicted octanol–water partition coefficient (Wildman–Crippen LogP) is 10.7. The number of benzene rings is 5. The molecule has 5 aromatic carbocycles. The molecule has 258 valence electrons. The molecule has 0 unspecified atom stereocenters. The van der Waals surface area contributed by atoms with E-state index in [1.165, 1.54) is 0 Å². The normalized spacial score (nSPS) is 11.4. The lowest BCUT2D eigenvalue weighted by molar-refractivity contribution is 0.411. The van der Waals surface area contributed by atoms with Gasteiger partial charge in [-0.15, -0.1) is 0 Å². The number of pyridine rings is 2. The molecule has 0 aliphatic heterocycles. The van der Waals surface area contributed by atoms with Crippen LogP contribution in [0.15, 0.2) is 164 Å². The van der Waals surface area contributed by atoms with Crippen molar-refractivity contribution in [3.8, 4) is 51.8 Å². The second-order valence-corrected chi connectivity index (χ2v) is 12.8. The Kier molecular flexibility index (Phi) is 7.47. The highest BCUT2D eigenvalue weighted by molar-refractivity contribution is 6.10. The van der Waals surface area contributed by atoms with E-state index in [0.29, 0.717) is 34.6 Å². The van der Waals surface area contributed by atoms with Gasteiger partial charge in [0.15, 0.2) is 11.6 Å². The molecule has 9 nitrogen and oxygen atoms in total. The summed E-state index contributed by atoms with van der Waals surface area (Å²) < 4.78 is 22.9. The molecule has 0 saturated carbocycles. The Bertz CT molecular complexity index is 2800. The molecule has 0 atom stereocenters. The first kappa shape index (κ1) is 31.2. The maximum Gasteiger partial charge on any atom is 0.159 e. The summed E-state index contributed by atoms with van der Waals surface area (Å²) >= 11 is 0. The van der Waals surface area contributed by atoms with E-state index >= 15 is 0 Å². The summed E-state index contributed by atoms with van der Waals surface area (Å²) in [5.41, 5.74) is 4.82. The molecule has 0 N–H and O–H groups in total. The summed E-state index contributed by atoms with van der Waals surface area (Å²) in [4.78, 5) is 18.5. The van der Waals surface area contributed by atoms with Crippen molar-refractivity contribution in [2.24, 2.45) is 0 Å². The van der Waals surface area contributed by atoms with Crippen molar-refractivity contribution in [1.29, 1.82) is 0 Å². The highest BCUT2D eigenvalue weighted by Crippen LogP contribution is 2.39. The van der Waals surface area contributed by atoms with Gasteiger partial charge in [-0.25, -0.2) is 19.9 Å². The van der Waals surface area contributed by atoms with Gasteiger partial charge in [0.2, 0.25) is 0 Å². The zero-order valence-electron chi connectivity index (χ0n) is 29.0. The van der Waals surface area contributed by atoms with Crippen LogP contribution in [-0.2, 0) is 0 Å². The van der Waals surface area contributed by atoms with E-state index in [1.807, 2.05) is 91.0 Å². The highest BCUT2D eigenvalue weighted by Gasteiger charge is 2.17. The number of hydrogen-bond acceptors (Lipinski definition) is 7. The van der Waals surface area contributed by atoms with Crippen LogP contribution < -0.4 is 14.2 Å². The largest absolute Gasteiger partial charge is 0.494 e. The van der Waals surface area contributed by atoms with Gasteiger partial charge in [0, 0.05) is 57.7 Å². The third kappa shape index (κ3) is 5.43. The predicted molar refractivity (Wildman–Crippen MR) is 211 cm³/mol. The van der Waals surface area contributed by atoms with Gasteiger partial charge < -0.3 is 14.2 Å². The van der Waals surface area contributed by atoms with E-state index in [4.69, 9.17) is 14.2 Å². The molecule has 0 radical (unpaired) electrons. The third-order valence-electron chi connectivity index (χ3n) is 9.52. The molecule has 10 rings (SSSR count).